The van der Waals surface area contributed by atoms with E-state index < -0.39 is 0 Å². The van der Waals surface area contributed by atoms with Crippen LogP contribution in [0.25, 0.3) is 6.08 Å². The van der Waals surface area contributed by atoms with Gasteiger partial charge in [-0.25, -0.2) is 4.98 Å². The lowest BCUT2D eigenvalue weighted by Gasteiger charge is -2.09. The van der Waals surface area contributed by atoms with Crippen molar-refractivity contribution >= 4 is 47.3 Å². The SMILES string of the molecule is C=Cc1cc(Nc2nc(Cl)ncc2N)ccc1N=C. The fourth-order valence-corrected chi connectivity index (χ4v) is 1.68. The Labute approximate surface area is 115 Å². The van der Waals surface area contributed by atoms with E-state index in [4.69, 9.17) is 17.3 Å². The maximum absolute atomic E-state index is 5.77. The molecule has 3 N–H and O–H groups in total. The lowest BCUT2D eigenvalue weighted by molar-refractivity contribution is 1.17. The van der Waals surface area contributed by atoms with E-state index in [2.05, 4.69) is 33.6 Å². The van der Waals surface area contributed by atoms with E-state index in [1.54, 1.807) is 6.08 Å². The van der Waals surface area contributed by atoms with Crippen LogP contribution >= 0.6 is 11.6 Å². The number of aromatic nitrogens is 2. The number of hydrogen-bond donors (Lipinski definition) is 2. The first-order chi connectivity index (χ1) is 9.13. The molecule has 1 aromatic heterocycles. The molecule has 0 bridgehead atoms. The molecule has 1 heterocycles. The largest absolute Gasteiger partial charge is 0.394 e. The summed E-state index contributed by atoms with van der Waals surface area (Å²) in [6, 6.07) is 5.53. The van der Waals surface area contributed by atoms with Gasteiger partial charge in [0.15, 0.2) is 5.82 Å². The summed E-state index contributed by atoms with van der Waals surface area (Å²) in [7, 11) is 0. The first-order valence-electron chi connectivity index (χ1n) is 5.42. The van der Waals surface area contributed by atoms with Gasteiger partial charge >= 0.3 is 0 Å². The van der Waals surface area contributed by atoms with Gasteiger partial charge in [-0.15, -0.1) is 0 Å². The Morgan fingerprint density at radius 3 is 2.89 bits per heavy atom. The quantitative estimate of drug-likeness (QED) is 0.661. The second-order valence-corrected chi connectivity index (χ2v) is 4.04. The monoisotopic (exact) mass is 273 g/mol. The van der Waals surface area contributed by atoms with Crippen LogP contribution in [0.3, 0.4) is 0 Å². The van der Waals surface area contributed by atoms with Gasteiger partial charge in [0.05, 0.1) is 17.6 Å². The highest BCUT2D eigenvalue weighted by Crippen LogP contribution is 2.27. The number of hydrogen-bond acceptors (Lipinski definition) is 5. The molecule has 5 nitrogen and oxygen atoms in total. The minimum absolute atomic E-state index is 0.130. The van der Waals surface area contributed by atoms with Crippen molar-refractivity contribution in [2.75, 3.05) is 11.1 Å². The van der Waals surface area contributed by atoms with Gasteiger partial charge in [-0.05, 0) is 36.5 Å². The zero-order valence-corrected chi connectivity index (χ0v) is 10.9. The lowest BCUT2D eigenvalue weighted by Crippen LogP contribution is -2.00. The summed E-state index contributed by atoms with van der Waals surface area (Å²) in [4.78, 5) is 11.7. The summed E-state index contributed by atoms with van der Waals surface area (Å²) < 4.78 is 0. The van der Waals surface area contributed by atoms with Crippen LogP contribution in [0.4, 0.5) is 22.9 Å². The van der Waals surface area contributed by atoms with Crippen molar-refractivity contribution in [2.24, 2.45) is 4.99 Å². The Morgan fingerprint density at radius 2 is 2.21 bits per heavy atom. The van der Waals surface area contributed by atoms with E-state index in [1.807, 2.05) is 18.2 Å². The standard InChI is InChI=1S/C13H12ClN5/c1-3-8-6-9(4-5-11(8)16-2)18-12-10(15)7-17-13(14)19-12/h3-7H,1-2,15H2,(H,17,18,19). The molecule has 96 valence electrons. The van der Waals surface area contributed by atoms with Crippen molar-refractivity contribution in [3.8, 4) is 0 Å². The third-order valence-corrected chi connectivity index (χ3v) is 2.65. The minimum Gasteiger partial charge on any atom is -0.394 e. The third-order valence-electron chi connectivity index (χ3n) is 2.47. The molecule has 1 aromatic carbocycles. The Kier molecular flexibility index (Phi) is 3.77. The highest BCUT2D eigenvalue weighted by Gasteiger charge is 2.05. The minimum atomic E-state index is 0.130. The number of nitrogens with zero attached hydrogens (tertiary/aromatic N) is 3. The molecule has 0 saturated carbocycles. The topological polar surface area (TPSA) is 76.2 Å². The van der Waals surface area contributed by atoms with E-state index in [0.29, 0.717) is 11.5 Å². The van der Waals surface area contributed by atoms with E-state index in [9.17, 15) is 0 Å². The van der Waals surface area contributed by atoms with Crippen molar-refractivity contribution in [3.63, 3.8) is 0 Å². The predicted molar refractivity (Wildman–Crippen MR) is 80.5 cm³/mol. The van der Waals surface area contributed by atoms with Crippen LogP contribution in [0.15, 0.2) is 36.0 Å². The molecule has 0 fully saturated rings. The van der Waals surface area contributed by atoms with Crippen LogP contribution in [0.5, 0.6) is 0 Å². The maximum atomic E-state index is 5.77. The van der Waals surface area contributed by atoms with Gasteiger partial charge in [0, 0.05) is 11.3 Å². The average molecular weight is 274 g/mol. The van der Waals surface area contributed by atoms with E-state index in [0.717, 1.165) is 16.9 Å². The van der Waals surface area contributed by atoms with Gasteiger partial charge in [-0.2, -0.15) is 4.98 Å². The molecule has 2 rings (SSSR count). The van der Waals surface area contributed by atoms with Crippen LogP contribution in [-0.2, 0) is 0 Å². The number of nitrogen functional groups attached to an aromatic ring is 1. The Balaban J connectivity index is 2.35. The first-order valence-corrected chi connectivity index (χ1v) is 5.80. The van der Waals surface area contributed by atoms with Crippen molar-refractivity contribution in [1.82, 2.24) is 9.97 Å². The molecule has 0 spiro atoms. The van der Waals surface area contributed by atoms with Crippen LogP contribution in [0.2, 0.25) is 5.28 Å². The molecule has 2 aromatic rings. The molecular weight excluding hydrogens is 262 g/mol. The average Bonchev–Trinajstić information content (AvgIpc) is 2.42. The van der Waals surface area contributed by atoms with Gasteiger partial charge < -0.3 is 11.1 Å². The third kappa shape index (κ3) is 2.89. The highest BCUT2D eigenvalue weighted by molar-refractivity contribution is 6.28. The Morgan fingerprint density at radius 1 is 1.42 bits per heavy atom. The normalized spacial score (nSPS) is 9.95. The second kappa shape index (κ2) is 5.49. The van der Waals surface area contributed by atoms with Crippen molar-refractivity contribution in [2.45, 2.75) is 0 Å². The summed E-state index contributed by atoms with van der Waals surface area (Å²) in [5.74, 6) is 0.453. The van der Waals surface area contributed by atoms with Crippen LogP contribution in [0, 0.1) is 0 Å². The number of nitrogens with one attached hydrogen (secondary N) is 1. The molecule has 0 aliphatic rings. The fraction of sp³-hybridized carbons (Fsp3) is 0. The lowest BCUT2D eigenvalue weighted by atomic mass is 10.1. The van der Waals surface area contributed by atoms with Crippen LogP contribution in [-0.4, -0.2) is 16.7 Å². The second-order valence-electron chi connectivity index (χ2n) is 3.70. The van der Waals surface area contributed by atoms with E-state index in [-0.39, 0.29) is 5.28 Å². The summed E-state index contributed by atoms with van der Waals surface area (Å²) in [5.41, 5.74) is 8.60. The zero-order valence-electron chi connectivity index (χ0n) is 10.1. The van der Waals surface area contributed by atoms with Gasteiger partial charge in [0.25, 0.3) is 0 Å². The Bertz CT molecular complexity index is 639. The molecule has 0 atom stereocenters. The molecular formula is C13H12ClN5. The number of rotatable bonds is 4. The number of nitrogens with two attached hydrogens (primary N) is 1. The smallest absolute Gasteiger partial charge is 0.224 e. The molecule has 0 amide bonds. The number of benzene rings is 1. The van der Waals surface area contributed by atoms with Crippen LogP contribution in [0.1, 0.15) is 5.56 Å². The summed E-state index contributed by atoms with van der Waals surface area (Å²) in [5, 5.41) is 3.20. The Hall–Kier alpha value is -2.40. The summed E-state index contributed by atoms with van der Waals surface area (Å²) in [6.07, 6.45) is 3.15. The van der Waals surface area contributed by atoms with Gasteiger partial charge in [0.2, 0.25) is 5.28 Å². The molecule has 0 radical (unpaired) electrons. The molecule has 0 unspecified atom stereocenters. The van der Waals surface area contributed by atoms with Crippen LogP contribution < -0.4 is 11.1 Å². The number of aliphatic imine (C=N–C) groups is 1. The first kappa shape index (κ1) is 13.0. The maximum Gasteiger partial charge on any atom is 0.224 e. The molecule has 19 heavy (non-hydrogen) atoms. The molecule has 6 heteroatoms. The molecule has 0 aliphatic heterocycles. The number of anilines is 3. The molecule has 0 saturated heterocycles. The van der Waals surface area contributed by atoms with E-state index in [1.165, 1.54) is 6.20 Å². The molecule has 0 aliphatic carbocycles. The van der Waals surface area contributed by atoms with Gasteiger partial charge in [0.1, 0.15) is 0 Å². The van der Waals surface area contributed by atoms with Gasteiger partial charge in [-0.3, -0.25) is 4.99 Å². The fourth-order valence-electron chi connectivity index (χ4n) is 1.55. The summed E-state index contributed by atoms with van der Waals surface area (Å²) >= 11 is 5.73. The van der Waals surface area contributed by atoms with E-state index >= 15 is 0 Å². The van der Waals surface area contributed by atoms with Crippen molar-refractivity contribution in [1.29, 1.82) is 0 Å². The van der Waals surface area contributed by atoms with Gasteiger partial charge in [-0.1, -0.05) is 12.7 Å². The van der Waals surface area contributed by atoms with Crippen molar-refractivity contribution < 1.29 is 0 Å². The number of halogens is 1. The van der Waals surface area contributed by atoms with Crippen molar-refractivity contribution in [3.05, 3.63) is 41.8 Å². The predicted octanol–water partition coefficient (Wildman–Crippen LogP) is 3.43. The zero-order chi connectivity index (χ0) is 13.8. The highest BCUT2D eigenvalue weighted by atomic mass is 35.5. The summed E-state index contributed by atoms with van der Waals surface area (Å²) in [6.45, 7) is 7.24.